The van der Waals surface area contributed by atoms with Gasteiger partial charge >= 0.3 is 16.3 Å². The van der Waals surface area contributed by atoms with E-state index in [0.29, 0.717) is 0 Å². The maximum absolute atomic E-state index is 13.5. The highest BCUT2D eigenvalue weighted by atomic mass is 32.2. The second kappa shape index (κ2) is 7.41. The molecule has 0 atom stereocenters. The number of anilines is 1. The van der Waals surface area contributed by atoms with Crippen molar-refractivity contribution in [2.75, 3.05) is 5.73 Å². The van der Waals surface area contributed by atoms with Crippen molar-refractivity contribution >= 4 is 22.0 Å². The Morgan fingerprint density at radius 1 is 1.36 bits per heavy atom. The lowest BCUT2D eigenvalue weighted by molar-refractivity contribution is 0.0569. The molecule has 1 aromatic carbocycles. The minimum Gasteiger partial charge on any atom is -0.443 e. The number of benzene rings is 1. The first-order valence-corrected chi connectivity index (χ1v) is 7.51. The topological polar surface area (TPSA) is 111 Å². The number of ether oxygens (including phenoxy) is 1. The Morgan fingerprint density at radius 2 is 1.95 bits per heavy atom. The van der Waals surface area contributed by atoms with Gasteiger partial charge in [0.15, 0.2) is 0 Å². The van der Waals surface area contributed by atoms with Gasteiger partial charge in [-0.2, -0.15) is 13.1 Å². The first kappa shape index (κ1) is 20.1. The number of hydrogen-bond acceptors (Lipinski definition) is 5. The van der Waals surface area contributed by atoms with Gasteiger partial charge < -0.3 is 10.5 Å². The first-order chi connectivity index (χ1) is 9.48. The fraction of sp³-hybridized carbons (Fsp3) is 0.462. The molecular weight excluding hydrogens is 313 g/mol. The first-order valence-electron chi connectivity index (χ1n) is 6.03. The third kappa shape index (κ3) is 7.23. The molecule has 9 heteroatoms. The van der Waals surface area contributed by atoms with Crippen LogP contribution in [0.2, 0.25) is 0 Å². The average Bonchev–Trinajstić information content (AvgIpc) is 2.23. The number of nitrogen functional groups attached to an aromatic ring is 1. The Bertz CT molecular complexity index is 627. The standard InChI is InChI=1S/C12H18FN3O4S.CH4/c1-12(2,3)20-11(17)16-21(18,19)15-7-8-4-5-9(14)6-10(8)13;/h4-6,15H,7,14H2,1-3H3,(H,16,17);1H4. The summed E-state index contributed by atoms with van der Waals surface area (Å²) in [7, 11) is -4.15. The number of rotatable bonds is 4. The monoisotopic (exact) mass is 335 g/mol. The van der Waals surface area contributed by atoms with Crippen LogP contribution in [0.1, 0.15) is 33.8 Å². The van der Waals surface area contributed by atoms with Gasteiger partial charge in [0, 0.05) is 17.8 Å². The summed E-state index contributed by atoms with van der Waals surface area (Å²) in [5.74, 6) is -0.644. The SMILES string of the molecule is C.CC(C)(C)OC(=O)NS(=O)(=O)NCc1ccc(N)cc1F. The van der Waals surface area contributed by atoms with Gasteiger partial charge in [-0.1, -0.05) is 13.5 Å². The van der Waals surface area contributed by atoms with Crippen molar-refractivity contribution in [3.63, 3.8) is 0 Å². The van der Waals surface area contributed by atoms with Gasteiger partial charge in [0.05, 0.1) is 0 Å². The maximum atomic E-state index is 13.5. The molecule has 0 aliphatic rings. The summed E-state index contributed by atoms with van der Waals surface area (Å²) < 4.78 is 45.2. The van der Waals surface area contributed by atoms with Crippen LogP contribution in [0.3, 0.4) is 0 Å². The lowest BCUT2D eigenvalue weighted by atomic mass is 10.2. The molecule has 0 aliphatic heterocycles. The molecule has 126 valence electrons. The summed E-state index contributed by atoms with van der Waals surface area (Å²) in [6.45, 7) is 4.45. The van der Waals surface area contributed by atoms with Crippen LogP contribution in [0.15, 0.2) is 18.2 Å². The van der Waals surface area contributed by atoms with Crippen LogP contribution < -0.4 is 15.2 Å². The summed E-state index contributed by atoms with van der Waals surface area (Å²) in [6, 6.07) is 3.86. The number of nitrogens with one attached hydrogen (secondary N) is 2. The summed E-state index contributed by atoms with van der Waals surface area (Å²) in [5, 5.41) is 0. The van der Waals surface area contributed by atoms with Gasteiger partial charge in [-0.3, -0.25) is 0 Å². The van der Waals surface area contributed by atoms with Crippen LogP contribution in [0, 0.1) is 5.82 Å². The second-order valence-electron chi connectivity index (χ2n) is 5.28. The normalized spacial score (nSPS) is 11.5. The van der Waals surface area contributed by atoms with Crippen LogP contribution >= 0.6 is 0 Å². The van der Waals surface area contributed by atoms with Crippen molar-refractivity contribution < 1.29 is 22.3 Å². The van der Waals surface area contributed by atoms with Crippen molar-refractivity contribution in [3.05, 3.63) is 29.6 Å². The largest absolute Gasteiger partial charge is 0.443 e. The summed E-state index contributed by atoms with van der Waals surface area (Å²) in [6.07, 6.45) is -1.12. The predicted molar refractivity (Wildman–Crippen MR) is 82.7 cm³/mol. The minimum absolute atomic E-state index is 0. The third-order valence-corrected chi connectivity index (χ3v) is 3.11. The Balaban J connectivity index is 0.00000441. The van der Waals surface area contributed by atoms with Gasteiger partial charge in [0.1, 0.15) is 11.4 Å². The number of nitrogens with two attached hydrogens (primary N) is 1. The molecule has 7 nitrogen and oxygen atoms in total. The summed E-state index contributed by atoms with van der Waals surface area (Å²) in [4.78, 5) is 11.4. The molecule has 0 heterocycles. The van der Waals surface area contributed by atoms with Gasteiger partial charge in [0.25, 0.3) is 0 Å². The molecule has 1 rings (SSSR count). The molecule has 0 radical (unpaired) electrons. The van der Waals surface area contributed by atoms with E-state index in [1.54, 1.807) is 25.5 Å². The lowest BCUT2D eigenvalue weighted by Crippen LogP contribution is -2.42. The molecule has 0 unspecified atom stereocenters. The molecule has 22 heavy (non-hydrogen) atoms. The van der Waals surface area contributed by atoms with Crippen molar-refractivity contribution in [1.82, 2.24) is 9.44 Å². The fourth-order valence-electron chi connectivity index (χ4n) is 1.32. The van der Waals surface area contributed by atoms with Crippen molar-refractivity contribution in [2.24, 2.45) is 0 Å². The molecular formula is C13H22FN3O4S. The highest BCUT2D eigenvalue weighted by Gasteiger charge is 2.21. The minimum atomic E-state index is -4.15. The van der Waals surface area contributed by atoms with Crippen molar-refractivity contribution in [2.45, 2.75) is 40.3 Å². The molecule has 4 N–H and O–H groups in total. The second-order valence-corrected chi connectivity index (χ2v) is 6.78. The number of carbonyl (C=O) groups is 1. The molecule has 0 bridgehead atoms. The van der Waals surface area contributed by atoms with E-state index in [9.17, 15) is 17.6 Å². The van der Waals surface area contributed by atoms with Crippen molar-refractivity contribution in [1.29, 1.82) is 0 Å². The van der Waals surface area contributed by atoms with Crippen LogP contribution in [0.25, 0.3) is 0 Å². The number of amides is 1. The predicted octanol–water partition coefficient (Wildman–Crippen LogP) is 1.90. The Hall–Kier alpha value is -1.87. The van der Waals surface area contributed by atoms with E-state index in [1.807, 2.05) is 4.72 Å². The Morgan fingerprint density at radius 3 is 2.45 bits per heavy atom. The van der Waals surface area contributed by atoms with Crippen LogP contribution in [-0.4, -0.2) is 20.1 Å². The zero-order valence-corrected chi connectivity index (χ0v) is 12.8. The molecule has 1 amide bonds. The number of carbonyl (C=O) groups excluding carboxylic acids is 1. The molecule has 0 aromatic heterocycles. The van der Waals surface area contributed by atoms with Gasteiger partial charge in [-0.15, -0.1) is 0 Å². The van der Waals surface area contributed by atoms with Gasteiger partial charge in [-0.25, -0.2) is 13.9 Å². The molecule has 1 aromatic rings. The maximum Gasteiger partial charge on any atom is 0.422 e. The van der Waals surface area contributed by atoms with E-state index in [4.69, 9.17) is 10.5 Å². The smallest absolute Gasteiger partial charge is 0.422 e. The van der Waals surface area contributed by atoms with E-state index in [2.05, 4.69) is 0 Å². The average molecular weight is 335 g/mol. The van der Waals surface area contributed by atoms with Crippen LogP contribution in [0.5, 0.6) is 0 Å². The molecule has 0 spiro atoms. The van der Waals surface area contributed by atoms with E-state index in [1.165, 1.54) is 12.1 Å². The van der Waals surface area contributed by atoms with Crippen molar-refractivity contribution in [3.8, 4) is 0 Å². The van der Waals surface area contributed by atoms with Gasteiger partial charge in [-0.05, 0) is 32.9 Å². The molecule has 0 fully saturated rings. The van der Waals surface area contributed by atoms with Crippen LogP contribution in [0.4, 0.5) is 14.9 Å². The van der Waals surface area contributed by atoms with E-state index < -0.39 is 27.7 Å². The highest BCUT2D eigenvalue weighted by molar-refractivity contribution is 7.88. The quantitative estimate of drug-likeness (QED) is 0.728. The zero-order valence-electron chi connectivity index (χ0n) is 11.9. The summed E-state index contributed by atoms with van der Waals surface area (Å²) >= 11 is 0. The summed E-state index contributed by atoms with van der Waals surface area (Å²) in [5.41, 5.74) is 4.88. The zero-order chi connectivity index (χ0) is 16.3. The Kier molecular flexibility index (Phi) is 6.78. The van der Waals surface area contributed by atoms with E-state index in [-0.39, 0.29) is 25.2 Å². The number of halogens is 1. The Labute approximate surface area is 130 Å². The fourth-order valence-corrected chi connectivity index (χ4v) is 2.00. The molecule has 0 aliphatic carbocycles. The molecule has 0 saturated heterocycles. The van der Waals surface area contributed by atoms with E-state index in [0.717, 1.165) is 6.07 Å². The van der Waals surface area contributed by atoms with E-state index >= 15 is 0 Å². The van der Waals surface area contributed by atoms with Crippen LogP contribution in [-0.2, 0) is 21.5 Å². The number of hydrogen-bond donors (Lipinski definition) is 3. The van der Waals surface area contributed by atoms with Gasteiger partial charge in [0.2, 0.25) is 0 Å². The highest BCUT2D eigenvalue weighted by Crippen LogP contribution is 2.11. The lowest BCUT2D eigenvalue weighted by Gasteiger charge is -2.19. The third-order valence-electron chi connectivity index (χ3n) is 2.15. The molecule has 0 saturated carbocycles.